The molecule has 0 spiro atoms. The molecule has 0 bridgehead atoms. The Balaban J connectivity index is 5.19. The van der Waals surface area contributed by atoms with Gasteiger partial charge in [0, 0.05) is 6.54 Å². The number of hydrogen-bond donors (Lipinski definition) is 8. The van der Waals surface area contributed by atoms with E-state index in [4.69, 9.17) is 27.4 Å². The van der Waals surface area contributed by atoms with Crippen LogP contribution in [0.4, 0.5) is 0 Å². The van der Waals surface area contributed by atoms with Gasteiger partial charge >= 0.3 is 11.9 Å². The van der Waals surface area contributed by atoms with Crippen LogP contribution in [0.5, 0.6) is 0 Å². The van der Waals surface area contributed by atoms with E-state index < -0.39 is 60.2 Å². The summed E-state index contributed by atoms with van der Waals surface area (Å²) in [5.41, 5.74) is 16.3. The molecule has 0 aromatic rings. The number of guanidine groups is 1. The van der Waals surface area contributed by atoms with Gasteiger partial charge in [-0.25, -0.2) is 4.79 Å². The summed E-state index contributed by atoms with van der Waals surface area (Å²) in [6.07, 6.45) is -0.379. The van der Waals surface area contributed by atoms with Crippen molar-refractivity contribution in [2.24, 2.45) is 28.1 Å². The highest BCUT2D eigenvalue weighted by atomic mass is 16.4. The minimum atomic E-state index is -1.67. The Hall–Kier alpha value is -3.42. The number of nitrogens with one attached hydrogen (secondary N) is 3. The Kier molecular flexibility index (Phi) is 12.3. The summed E-state index contributed by atoms with van der Waals surface area (Å²) in [5, 5.41) is 24.7. The predicted molar refractivity (Wildman–Crippen MR) is 114 cm³/mol. The van der Waals surface area contributed by atoms with E-state index in [0.29, 0.717) is 6.42 Å². The lowest BCUT2D eigenvalue weighted by Crippen LogP contribution is -2.57. The summed E-state index contributed by atoms with van der Waals surface area (Å²) in [5.74, 6) is -5.45. The van der Waals surface area contributed by atoms with Gasteiger partial charge in [-0.1, -0.05) is 13.8 Å². The molecule has 11 N–H and O–H groups in total. The first-order valence-electron chi connectivity index (χ1n) is 9.92. The molecule has 0 rings (SSSR count). The number of nitrogens with two attached hydrogens (primary N) is 3. The maximum atomic E-state index is 12.7. The molecular weight excluding hydrogens is 426 g/mol. The van der Waals surface area contributed by atoms with Crippen molar-refractivity contribution in [2.45, 2.75) is 64.2 Å². The van der Waals surface area contributed by atoms with Gasteiger partial charge in [-0.05, 0) is 25.7 Å². The summed E-state index contributed by atoms with van der Waals surface area (Å²) < 4.78 is 0. The molecule has 182 valence electrons. The minimum Gasteiger partial charge on any atom is -0.481 e. The van der Waals surface area contributed by atoms with Gasteiger partial charge in [-0.3, -0.25) is 24.2 Å². The van der Waals surface area contributed by atoms with Crippen LogP contribution in [0.25, 0.3) is 0 Å². The Morgan fingerprint density at radius 2 is 1.44 bits per heavy atom. The van der Waals surface area contributed by atoms with Crippen molar-refractivity contribution in [1.29, 1.82) is 0 Å². The van der Waals surface area contributed by atoms with Gasteiger partial charge in [-0.15, -0.1) is 0 Å². The molecule has 14 heteroatoms. The van der Waals surface area contributed by atoms with E-state index in [1.807, 2.05) is 5.32 Å². The Labute approximate surface area is 185 Å². The van der Waals surface area contributed by atoms with Gasteiger partial charge < -0.3 is 43.4 Å². The summed E-state index contributed by atoms with van der Waals surface area (Å²) in [7, 11) is 0. The van der Waals surface area contributed by atoms with Crippen molar-refractivity contribution >= 4 is 35.6 Å². The molecular formula is C18H33N7O7. The third-order valence-electron chi connectivity index (χ3n) is 4.34. The van der Waals surface area contributed by atoms with E-state index in [1.165, 1.54) is 6.92 Å². The van der Waals surface area contributed by atoms with E-state index in [1.54, 1.807) is 13.8 Å². The lowest BCUT2D eigenvalue weighted by molar-refractivity contribution is -0.147. The van der Waals surface area contributed by atoms with Crippen molar-refractivity contribution in [3.05, 3.63) is 0 Å². The third kappa shape index (κ3) is 11.1. The molecule has 0 heterocycles. The van der Waals surface area contributed by atoms with E-state index in [-0.39, 0.29) is 24.8 Å². The highest BCUT2D eigenvalue weighted by Crippen LogP contribution is 2.04. The predicted octanol–water partition coefficient (Wildman–Crippen LogP) is -2.94. The van der Waals surface area contributed by atoms with Gasteiger partial charge in [0.25, 0.3) is 0 Å². The fourth-order valence-corrected chi connectivity index (χ4v) is 2.39. The molecule has 4 unspecified atom stereocenters. The van der Waals surface area contributed by atoms with Crippen molar-refractivity contribution in [3.8, 4) is 0 Å². The first-order chi connectivity index (χ1) is 14.8. The minimum absolute atomic E-state index is 0.128. The van der Waals surface area contributed by atoms with Gasteiger partial charge in [0.1, 0.15) is 18.1 Å². The molecule has 0 aromatic carbocycles. The van der Waals surface area contributed by atoms with Gasteiger partial charge in [0.2, 0.25) is 17.7 Å². The lowest BCUT2D eigenvalue weighted by Gasteiger charge is -2.24. The summed E-state index contributed by atoms with van der Waals surface area (Å²) >= 11 is 0. The van der Waals surface area contributed by atoms with Crippen LogP contribution in [0, 0.1) is 5.92 Å². The molecule has 0 aromatic heterocycles. The van der Waals surface area contributed by atoms with E-state index in [2.05, 4.69) is 15.6 Å². The van der Waals surface area contributed by atoms with Crippen LogP contribution in [0.3, 0.4) is 0 Å². The number of carbonyl (C=O) groups excluding carboxylic acids is 3. The second kappa shape index (κ2) is 13.8. The van der Waals surface area contributed by atoms with Crippen LogP contribution in [0.2, 0.25) is 0 Å². The van der Waals surface area contributed by atoms with Gasteiger partial charge in [0.05, 0.1) is 12.5 Å². The number of rotatable bonds is 14. The average Bonchev–Trinajstić information content (AvgIpc) is 2.67. The topological polar surface area (TPSA) is 252 Å². The molecule has 0 aliphatic heterocycles. The number of hydrogen-bond acceptors (Lipinski definition) is 7. The molecule has 14 nitrogen and oxygen atoms in total. The molecule has 0 fully saturated rings. The van der Waals surface area contributed by atoms with Crippen LogP contribution in [-0.2, 0) is 24.0 Å². The Morgan fingerprint density at radius 1 is 0.875 bits per heavy atom. The van der Waals surface area contributed by atoms with Gasteiger partial charge in [0.15, 0.2) is 5.96 Å². The summed E-state index contributed by atoms with van der Waals surface area (Å²) in [6.45, 7) is 4.95. The largest absolute Gasteiger partial charge is 0.481 e. The zero-order valence-electron chi connectivity index (χ0n) is 18.3. The zero-order chi connectivity index (χ0) is 25.0. The van der Waals surface area contributed by atoms with Crippen molar-refractivity contribution in [3.63, 3.8) is 0 Å². The van der Waals surface area contributed by atoms with Crippen LogP contribution in [0.15, 0.2) is 4.99 Å². The average molecular weight is 460 g/mol. The molecule has 0 aliphatic rings. The normalized spacial score (nSPS) is 14.4. The molecule has 0 saturated heterocycles. The Bertz CT molecular complexity index is 722. The zero-order valence-corrected chi connectivity index (χ0v) is 18.3. The maximum Gasteiger partial charge on any atom is 0.326 e. The second-order valence-electron chi connectivity index (χ2n) is 7.51. The number of nitrogens with zero attached hydrogens (tertiary/aromatic N) is 1. The highest BCUT2D eigenvalue weighted by Gasteiger charge is 2.29. The number of carboxylic acid groups (broad SMARTS) is 2. The van der Waals surface area contributed by atoms with E-state index in [0.717, 1.165) is 0 Å². The number of amides is 3. The van der Waals surface area contributed by atoms with Crippen LogP contribution in [-0.4, -0.2) is 76.5 Å². The first-order valence-corrected chi connectivity index (χ1v) is 9.92. The second-order valence-corrected chi connectivity index (χ2v) is 7.51. The SMILES string of the molecule is CC(NC(=O)C(CCCN=C(N)N)NC(=O)C(N)C(C)C)C(=O)NC(CC(=O)O)C(=O)O. The van der Waals surface area contributed by atoms with Crippen LogP contribution in [0.1, 0.15) is 40.0 Å². The maximum absolute atomic E-state index is 12.7. The molecule has 4 atom stereocenters. The van der Waals surface area contributed by atoms with E-state index in [9.17, 15) is 24.0 Å². The smallest absolute Gasteiger partial charge is 0.326 e. The standard InChI is InChI=1S/C18H33N7O7/c1-8(2)13(19)16(30)24-10(5-4-6-22-18(20)21)15(29)23-9(3)14(28)25-11(17(31)32)7-12(26)27/h8-11,13H,4-7,19H2,1-3H3,(H,23,29)(H,24,30)(H,25,28)(H,26,27)(H,31,32)(H4,20,21,22). The molecule has 32 heavy (non-hydrogen) atoms. The van der Waals surface area contributed by atoms with Crippen LogP contribution < -0.4 is 33.2 Å². The van der Waals surface area contributed by atoms with E-state index >= 15 is 0 Å². The lowest BCUT2D eigenvalue weighted by atomic mass is 10.0. The quantitative estimate of drug-likeness (QED) is 0.0744. The molecule has 3 amide bonds. The summed E-state index contributed by atoms with van der Waals surface area (Å²) in [6, 6.07) is -4.81. The number of aliphatic carboxylic acids is 2. The number of aliphatic imine (C=N–C) groups is 1. The fraction of sp³-hybridized carbons (Fsp3) is 0.667. The first kappa shape index (κ1) is 28.6. The molecule has 0 aliphatic carbocycles. The highest BCUT2D eigenvalue weighted by molar-refractivity contribution is 5.94. The third-order valence-corrected chi connectivity index (χ3v) is 4.34. The van der Waals surface area contributed by atoms with Crippen molar-refractivity contribution in [2.75, 3.05) is 6.54 Å². The number of carbonyl (C=O) groups is 5. The monoisotopic (exact) mass is 459 g/mol. The fourth-order valence-electron chi connectivity index (χ4n) is 2.39. The molecule has 0 saturated carbocycles. The van der Waals surface area contributed by atoms with Crippen molar-refractivity contribution < 1.29 is 34.2 Å². The van der Waals surface area contributed by atoms with Gasteiger partial charge in [-0.2, -0.15) is 0 Å². The van der Waals surface area contributed by atoms with Crippen LogP contribution >= 0.6 is 0 Å². The summed E-state index contributed by atoms with van der Waals surface area (Å²) in [4.78, 5) is 62.8. The molecule has 0 radical (unpaired) electrons. The van der Waals surface area contributed by atoms with Crippen molar-refractivity contribution in [1.82, 2.24) is 16.0 Å². The Morgan fingerprint density at radius 3 is 1.91 bits per heavy atom. The number of carboxylic acids is 2.